The predicted molar refractivity (Wildman–Crippen MR) is 89.1 cm³/mol. The lowest BCUT2D eigenvalue weighted by Crippen LogP contribution is -2.30. The number of rotatable bonds is 5. The van der Waals surface area contributed by atoms with Gasteiger partial charge in [0, 0.05) is 18.2 Å². The summed E-state index contributed by atoms with van der Waals surface area (Å²) < 4.78 is 18.0. The molecule has 0 unspecified atom stereocenters. The third-order valence-electron chi connectivity index (χ3n) is 3.42. The Kier molecular flexibility index (Phi) is 4.86. The molecule has 6 heteroatoms. The van der Waals surface area contributed by atoms with Crippen molar-refractivity contribution in [3.05, 3.63) is 72.0 Å². The van der Waals surface area contributed by atoms with Crippen LogP contribution in [0.25, 0.3) is 11.3 Å². The molecule has 0 spiro atoms. The molecule has 1 heterocycles. The highest BCUT2D eigenvalue weighted by Gasteiger charge is 2.09. The average Bonchev–Trinajstić information content (AvgIpc) is 3.06. The molecule has 0 aliphatic carbocycles. The molecule has 2 aromatic carbocycles. The number of hydrogen-bond acceptors (Lipinski definition) is 3. The maximum atomic E-state index is 12.8. The fourth-order valence-corrected chi connectivity index (χ4v) is 2.20. The van der Waals surface area contributed by atoms with E-state index in [1.54, 1.807) is 18.2 Å². The molecule has 122 valence electrons. The highest BCUT2D eigenvalue weighted by Crippen LogP contribution is 2.21. The maximum absolute atomic E-state index is 12.8. The summed E-state index contributed by atoms with van der Waals surface area (Å²) in [5, 5.41) is 9.15. The van der Waals surface area contributed by atoms with Crippen molar-refractivity contribution in [1.82, 2.24) is 10.5 Å². The molecule has 2 amide bonds. The Morgan fingerprint density at radius 3 is 2.58 bits per heavy atom. The third kappa shape index (κ3) is 4.19. The van der Waals surface area contributed by atoms with Crippen molar-refractivity contribution in [2.75, 3.05) is 11.9 Å². The van der Waals surface area contributed by atoms with Crippen LogP contribution < -0.4 is 10.6 Å². The number of halogens is 1. The molecule has 3 rings (SSSR count). The second-order valence-electron chi connectivity index (χ2n) is 5.20. The minimum atomic E-state index is -0.370. The van der Waals surface area contributed by atoms with Gasteiger partial charge in [-0.2, -0.15) is 0 Å². The van der Waals surface area contributed by atoms with E-state index in [4.69, 9.17) is 4.52 Å². The minimum Gasteiger partial charge on any atom is -0.354 e. The zero-order valence-corrected chi connectivity index (χ0v) is 12.8. The summed E-state index contributed by atoms with van der Waals surface area (Å²) in [6.07, 6.45) is 0.613. The minimum absolute atomic E-state index is 0.273. The van der Waals surface area contributed by atoms with Crippen LogP contribution in [0.4, 0.5) is 15.0 Å². The van der Waals surface area contributed by atoms with Gasteiger partial charge in [0.05, 0.1) is 0 Å². The van der Waals surface area contributed by atoms with Crippen LogP contribution in [0.15, 0.2) is 65.2 Å². The Morgan fingerprint density at radius 1 is 1.08 bits per heavy atom. The smallest absolute Gasteiger partial charge is 0.320 e. The van der Waals surface area contributed by atoms with Crippen LogP contribution in [-0.2, 0) is 6.42 Å². The largest absolute Gasteiger partial charge is 0.354 e. The quantitative estimate of drug-likeness (QED) is 0.749. The Labute approximate surface area is 138 Å². The lowest BCUT2D eigenvalue weighted by Gasteiger charge is -2.05. The van der Waals surface area contributed by atoms with Gasteiger partial charge in [-0.05, 0) is 24.1 Å². The molecule has 0 saturated heterocycles. The number of carbonyl (C=O) groups excluding carboxylic acids is 1. The molecule has 0 saturated carbocycles. The molecule has 2 N–H and O–H groups in total. The van der Waals surface area contributed by atoms with Crippen LogP contribution >= 0.6 is 0 Å². The molecule has 0 aliphatic heterocycles. The molecule has 0 atom stereocenters. The number of anilines is 1. The van der Waals surface area contributed by atoms with Gasteiger partial charge in [-0.15, -0.1) is 0 Å². The second kappa shape index (κ2) is 7.41. The van der Waals surface area contributed by atoms with E-state index < -0.39 is 0 Å². The third-order valence-corrected chi connectivity index (χ3v) is 3.42. The summed E-state index contributed by atoms with van der Waals surface area (Å²) in [4.78, 5) is 11.8. The van der Waals surface area contributed by atoms with E-state index in [9.17, 15) is 9.18 Å². The highest BCUT2D eigenvalue weighted by molar-refractivity contribution is 5.88. The number of hydrogen-bond donors (Lipinski definition) is 2. The monoisotopic (exact) mass is 325 g/mol. The lowest BCUT2D eigenvalue weighted by atomic mass is 10.1. The number of carbonyl (C=O) groups is 1. The lowest BCUT2D eigenvalue weighted by molar-refractivity contribution is 0.252. The Bertz CT molecular complexity index is 801. The number of urea groups is 1. The molecule has 0 fully saturated rings. The number of benzene rings is 2. The summed E-state index contributed by atoms with van der Waals surface area (Å²) in [7, 11) is 0. The van der Waals surface area contributed by atoms with Gasteiger partial charge >= 0.3 is 6.03 Å². The zero-order chi connectivity index (χ0) is 16.8. The fraction of sp³-hybridized carbons (Fsp3) is 0.111. The molecular formula is C18H16FN3O2. The van der Waals surface area contributed by atoms with Gasteiger partial charge in [0.25, 0.3) is 0 Å². The second-order valence-corrected chi connectivity index (χ2v) is 5.20. The molecule has 0 aliphatic rings. The average molecular weight is 325 g/mol. The first-order valence-electron chi connectivity index (χ1n) is 7.52. The van der Waals surface area contributed by atoms with Gasteiger partial charge in [-0.25, -0.2) is 9.18 Å². The van der Waals surface area contributed by atoms with E-state index >= 15 is 0 Å². The number of amides is 2. The summed E-state index contributed by atoms with van der Waals surface area (Å²) in [6.45, 7) is 0.431. The summed E-state index contributed by atoms with van der Waals surface area (Å²) >= 11 is 0. The van der Waals surface area contributed by atoms with Gasteiger partial charge in [-0.3, -0.25) is 5.32 Å². The van der Waals surface area contributed by atoms with Crippen molar-refractivity contribution < 1.29 is 13.7 Å². The van der Waals surface area contributed by atoms with E-state index in [0.717, 1.165) is 11.1 Å². The predicted octanol–water partition coefficient (Wildman–Crippen LogP) is 3.84. The van der Waals surface area contributed by atoms with Gasteiger partial charge in [0.2, 0.25) is 0 Å². The Hall–Kier alpha value is -3.15. The first-order chi connectivity index (χ1) is 11.7. The van der Waals surface area contributed by atoms with Crippen molar-refractivity contribution >= 4 is 11.8 Å². The van der Waals surface area contributed by atoms with Crippen LogP contribution in [0.5, 0.6) is 0 Å². The van der Waals surface area contributed by atoms with Gasteiger partial charge in [-0.1, -0.05) is 47.6 Å². The standard InChI is InChI=1S/C18H16FN3O2/c19-15-8-6-13(7-9-15)10-11-20-18(23)21-17-12-16(24-22-17)14-4-2-1-3-5-14/h1-9,12H,10-11H2,(H2,20,21,22,23). The zero-order valence-electron chi connectivity index (χ0n) is 12.8. The first kappa shape index (κ1) is 15.7. The van der Waals surface area contributed by atoms with E-state index in [1.807, 2.05) is 30.3 Å². The van der Waals surface area contributed by atoms with Gasteiger partial charge in [0.1, 0.15) is 5.82 Å². The van der Waals surface area contributed by atoms with E-state index in [-0.39, 0.29) is 11.8 Å². The fourth-order valence-electron chi connectivity index (χ4n) is 2.20. The van der Waals surface area contributed by atoms with Crippen molar-refractivity contribution in [1.29, 1.82) is 0 Å². The van der Waals surface area contributed by atoms with Gasteiger partial charge < -0.3 is 9.84 Å². The topological polar surface area (TPSA) is 67.2 Å². The van der Waals surface area contributed by atoms with E-state index in [1.165, 1.54) is 12.1 Å². The first-order valence-corrected chi connectivity index (χ1v) is 7.52. The molecular weight excluding hydrogens is 309 g/mol. The molecule has 24 heavy (non-hydrogen) atoms. The maximum Gasteiger partial charge on any atom is 0.320 e. The molecule has 0 radical (unpaired) electrons. The number of nitrogens with zero attached hydrogens (tertiary/aromatic N) is 1. The van der Waals surface area contributed by atoms with Crippen LogP contribution in [0.1, 0.15) is 5.56 Å². The highest BCUT2D eigenvalue weighted by atomic mass is 19.1. The molecule has 5 nitrogen and oxygen atoms in total. The summed E-state index contributed by atoms with van der Waals surface area (Å²) in [6, 6.07) is 17.0. The molecule has 1 aromatic heterocycles. The molecule has 0 bridgehead atoms. The van der Waals surface area contributed by atoms with Crippen LogP contribution in [0.3, 0.4) is 0 Å². The van der Waals surface area contributed by atoms with E-state index in [0.29, 0.717) is 24.5 Å². The Morgan fingerprint density at radius 2 is 1.83 bits per heavy atom. The van der Waals surface area contributed by atoms with Crippen molar-refractivity contribution in [3.8, 4) is 11.3 Å². The summed E-state index contributed by atoms with van der Waals surface area (Å²) in [5.41, 5.74) is 1.83. The number of aromatic nitrogens is 1. The van der Waals surface area contributed by atoms with Crippen molar-refractivity contribution in [2.45, 2.75) is 6.42 Å². The van der Waals surface area contributed by atoms with Crippen molar-refractivity contribution in [3.63, 3.8) is 0 Å². The summed E-state index contributed by atoms with van der Waals surface area (Å²) in [5.74, 6) is 0.648. The van der Waals surface area contributed by atoms with Gasteiger partial charge in [0.15, 0.2) is 11.6 Å². The Balaban J connectivity index is 1.48. The SMILES string of the molecule is O=C(NCCc1ccc(F)cc1)Nc1cc(-c2ccccc2)on1. The van der Waals surface area contributed by atoms with Crippen LogP contribution in [0, 0.1) is 5.82 Å². The number of nitrogens with one attached hydrogen (secondary N) is 2. The molecule has 3 aromatic rings. The van der Waals surface area contributed by atoms with Crippen molar-refractivity contribution in [2.24, 2.45) is 0 Å². The normalized spacial score (nSPS) is 10.4. The van der Waals surface area contributed by atoms with Crippen LogP contribution in [-0.4, -0.2) is 17.7 Å². The van der Waals surface area contributed by atoms with Crippen LogP contribution in [0.2, 0.25) is 0 Å². The van der Waals surface area contributed by atoms with E-state index in [2.05, 4.69) is 15.8 Å².